The minimum absolute atomic E-state index is 0.156. The molecule has 1 aliphatic rings. The first-order valence-corrected chi connectivity index (χ1v) is 6.79. The van der Waals surface area contributed by atoms with Gasteiger partial charge < -0.3 is 10.4 Å². The van der Waals surface area contributed by atoms with Gasteiger partial charge in [0, 0.05) is 22.7 Å². The average molecular weight is 237 g/mol. The number of fused-ring (bicyclic) bond motifs is 1. The summed E-state index contributed by atoms with van der Waals surface area (Å²) in [5.74, 6) is 1.75. The monoisotopic (exact) mass is 237 g/mol. The van der Waals surface area contributed by atoms with E-state index < -0.39 is 0 Å². The molecule has 0 fully saturated rings. The van der Waals surface area contributed by atoms with Crippen molar-refractivity contribution in [2.24, 2.45) is 5.92 Å². The highest BCUT2D eigenvalue weighted by Crippen LogP contribution is 2.39. The van der Waals surface area contributed by atoms with Gasteiger partial charge >= 0.3 is 0 Å². The van der Waals surface area contributed by atoms with Crippen LogP contribution in [-0.4, -0.2) is 23.5 Å². The van der Waals surface area contributed by atoms with Crippen LogP contribution in [0.25, 0.3) is 0 Å². The minimum atomic E-state index is 0.156. The van der Waals surface area contributed by atoms with Crippen molar-refractivity contribution in [3.8, 4) is 0 Å². The zero-order valence-corrected chi connectivity index (χ0v) is 10.6. The SMILES string of the molecule is CC(CO)NC1c2ccccc2SCC1C. The molecule has 0 bridgehead atoms. The molecule has 0 spiro atoms. The summed E-state index contributed by atoms with van der Waals surface area (Å²) in [6.45, 7) is 4.49. The molecule has 0 saturated heterocycles. The summed E-state index contributed by atoms with van der Waals surface area (Å²) in [6.07, 6.45) is 0. The summed E-state index contributed by atoms with van der Waals surface area (Å²) < 4.78 is 0. The van der Waals surface area contributed by atoms with Gasteiger partial charge in [-0.3, -0.25) is 0 Å². The number of benzene rings is 1. The van der Waals surface area contributed by atoms with Gasteiger partial charge in [-0.05, 0) is 24.5 Å². The normalized spacial score (nSPS) is 26.2. The van der Waals surface area contributed by atoms with Crippen LogP contribution in [0.4, 0.5) is 0 Å². The Balaban J connectivity index is 2.22. The molecule has 2 nitrogen and oxygen atoms in total. The minimum Gasteiger partial charge on any atom is -0.395 e. The van der Waals surface area contributed by atoms with Crippen LogP contribution in [0.1, 0.15) is 25.5 Å². The van der Waals surface area contributed by atoms with Crippen LogP contribution >= 0.6 is 11.8 Å². The van der Waals surface area contributed by atoms with Crippen molar-refractivity contribution in [3.63, 3.8) is 0 Å². The molecule has 2 N–H and O–H groups in total. The fourth-order valence-electron chi connectivity index (χ4n) is 2.11. The van der Waals surface area contributed by atoms with Gasteiger partial charge in [-0.2, -0.15) is 0 Å². The summed E-state index contributed by atoms with van der Waals surface area (Å²) in [5.41, 5.74) is 1.38. The summed E-state index contributed by atoms with van der Waals surface area (Å²) in [5, 5.41) is 12.6. The molecule has 1 heterocycles. The smallest absolute Gasteiger partial charge is 0.0582 e. The quantitative estimate of drug-likeness (QED) is 0.847. The third kappa shape index (κ3) is 2.42. The number of nitrogens with one attached hydrogen (secondary N) is 1. The predicted octanol–water partition coefficient (Wildman–Crippen LogP) is 2.44. The maximum absolute atomic E-state index is 9.13. The van der Waals surface area contributed by atoms with E-state index in [1.807, 2.05) is 18.7 Å². The first-order valence-electron chi connectivity index (χ1n) is 5.81. The molecule has 0 amide bonds. The lowest BCUT2D eigenvalue weighted by Gasteiger charge is -2.33. The lowest BCUT2D eigenvalue weighted by atomic mass is 9.94. The van der Waals surface area contributed by atoms with Crippen molar-refractivity contribution in [1.82, 2.24) is 5.32 Å². The van der Waals surface area contributed by atoms with Gasteiger partial charge in [0.15, 0.2) is 0 Å². The number of hydrogen-bond donors (Lipinski definition) is 2. The molecule has 0 aromatic heterocycles. The van der Waals surface area contributed by atoms with Crippen LogP contribution < -0.4 is 5.32 Å². The third-order valence-electron chi connectivity index (χ3n) is 3.06. The van der Waals surface area contributed by atoms with Crippen molar-refractivity contribution in [2.45, 2.75) is 30.8 Å². The molecule has 3 heteroatoms. The summed E-state index contributed by atoms with van der Waals surface area (Å²) in [4.78, 5) is 1.38. The zero-order chi connectivity index (χ0) is 11.5. The Morgan fingerprint density at radius 1 is 1.50 bits per heavy atom. The summed E-state index contributed by atoms with van der Waals surface area (Å²) >= 11 is 1.93. The van der Waals surface area contributed by atoms with Gasteiger partial charge in [0.1, 0.15) is 0 Å². The van der Waals surface area contributed by atoms with Gasteiger partial charge in [0.05, 0.1) is 6.61 Å². The number of aliphatic hydroxyl groups is 1. The van der Waals surface area contributed by atoms with Crippen LogP contribution in [0, 0.1) is 5.92 Å². The van der Waals surface area contributed by atoms with E-state index in [9.17, 15) is 0 Å². The van der Waals surface area contributed by atoms with Crippen molar-refractivity contribution >= 4 is 11.8 Å². The van der Waals surface area contributed by atoms with Gasteiger partial charge in [0.25, 0.3) is 0 Å². The highest BCUT2D eigenvalue weighted by molar-refractivity contribution is 7.99. The molecule has 3 atom stereocenters. The Bertz CT molecular complexity index is 356. The van der Waals surface area contributed by atoms with Crippen molar-refractivity contribution < 1.29 is 5.11 Å². The van der Waals surface area contributed by atoms with E-state index >= 15 is 0 Å². The molecule has 16 heavy (non-hydrogen) atoms. The first-order chi connectivity index (χ1) is 7.72. The molecular formula is C13H19NOS. The number of aliphatic hydroxyl groups excluding tert-OH is 1. The highest BCUT2D eigenvalue weighted by Gasteiger charge is 2.27. The van der Waals surface area contributed by atoms with E-state index in [0.717, 1.165) is 5.75 Å². The molecule has 1 aromatic carbocycles. The average Bonchev–Trinajstić information content (AvgIpc) is 2.32. The molecule has 1 aliphatic heterocycles. The van der Waals surface area contributed by atoms with Crippen LogP contribution in [-0.2, 0) is 0 Å². The van der Waals surface area contributed by atoms with E-state index in [2.05, 4.69) is 36.5 Å². The molecule has 0 radical (unpaired) electrons. The fourth-order valence-corrected chi connectivity index (χ4v) is 3.28. The van der Waals surface area contributed by atoms with Crippen molar-refractivity contribution in [3.05, 3.63) is 29.8 Å². The molecule has 88 valence electrons. The predicted molar refractivity (Wildman–Crippen MR) is 68.8 cm³/mol. The number of thioether (sulfide) groups is 1. The van der Waals surface area contributed by atoms with Crippen LogP contribution in [0.15, 0.2) is 29.2 Å². The van der Waals surface area contributed by atoms with E-state index in [4.69, 9.17) is 5.11 Å². The van der Waals surface area contributed by atoms with E-state index in [1.165, 1.54) is 10.5 Å². The molecule has 1 aromatic rings. The molecular weight excluding hydrogens is 218 g/mol. The van der Waals surface area contributed by atoms with E-state index in [0.29, 0.717) is 12.0 Å². The summed E-state index contributed by atoms with van der Waals surface area (Å²) in [6, 6.07) is 9.09. The molecule has 2 rings (SSSR count). The second-order valence-electron chi connectivity index (χ2n) is 4.55. The molecule has 0 aliphatic carbocycles. The van der Waals surface area contributed by atoms with Crippen LogP contribution in [0.3, 0.4) is 0 Å². The second-order valence-corrected chi connectivity index (χ2v) is 5.62. The number of hydrogen-bond acceptors (Lipinski definition) is 3. The van der Waals surface area contributed by atoms with Crippen molar-refractivity contribution in [2.75, 3.05) is 12.4 Å². The van der Waals surface area contributed by atoms with Crippen molar-refractivity contribution in [1.29, 1.82) is 0 Å². The van der Waals surface area contributed by atoms with E-state index in [1.54, 1.807) is 0 Å². The first kappa shape index (κ1) is 12.0. The lowest BCUT2D eigenvalue weighted by Crippen LogP contribution is -2.38. The van der Waals surface area contributed by atoms with Gasteiger partial charge in [-0.1, -0.05) is 25.1 Å². The molecule has 3 unspecified atom stereocenters. The highest BCUT2D eigenvalue weighted by atomic mass is 32.2. The maximum atomic E-state index is 9.13. The van der Waals surface area contributed by atoms with E-state index in [-0.39, 0.29) is 12.6 Å². The van der Waals surface area contributed by atoms with Gasteiger partial charge in [-0.25, -0.2) is 0 Å². The zero-order valence-electron chi connectivity index (χ0n) is 9.81. The Kier molecular flexibility index (Phi) is 3.90. The number of rotatable bonds is 3. The molecule has 0 saturated carbocycles. The Hall–Kier alpha value is -0.510. The second kappa shape index (κ2) is 5.21. The van der Waals surface area contributed by atoms with Gasteiger partial charge in [0.2, 0.25) is 0 Å². The Morgan fingerprint density at radius 3 is 3.00 bits per heavy atom. The topological polar surface area (TPSA) is 32.3 Å². The lowest BCUT2D eigenvalue weighted by molar-refractivity contribution is 0.229. The maximum Gasteiger partial charge on any atom is 0.0582 e. The largest absolute Gasteiger partial charge is 0.395 e. The summed E-state index contributed by atoms with van der Waals surface area (Å²) in [7, 11) is 0. The third-order valence-corrected chi connectivity index (χ3v) is 4.44. The Morgan fingerprint density at radius 2 is 2.25 bits per heavy atom. The standard InChI is InChI=1S/C13H19NOS/c1-9-8-16-12-6-4-3-5-11(12)13(9)14-10(2)7-15/h3-6,9-10,13-15H,7-8H2,1-2H3. The van der Waals surface area contributed by atoms with Crippen LogP contribution in [0.5, 0.6) is 0 Å². The Labute approximate surface area is 101 Å². The fraction of sp³-hybridized carbons (Fsp3) is 0.538. The van der Waals surface area contributed by atoms with Crippen LogP contribution in [0.2, 0.25) is 0 Å². The van der Waals surface area contributed by atoms with Gasteiger partial charge in [-0.15, -0.1) is 11.8 Å².